The maximum atomic E-state index is 13.0. The minimum absolute atomic E-state index is 0.100. The molecule has 0 saturated heterocycles. The molecule has 112 valence electrons. The molecule has 0 saturated carbocycles. The van der Waals surface area contributed by atoms with E-state index in [4.69, 9.17) is 0 Å². The first-order valence-corrected chi connectivity index (χ1v) is 7.97. The molecule has 0 bridgehead atoms. The second kappa shape index (κ2) is 6.64. The Hall–Kier alpha value is -0.990. The lowest BCUT2D eigenvalue weighted by Crippen LogP contribution is -2.41. The summed E-state index contributed by atoms with van der Waals surface area (Å²) in [6, 6.07) is 2.82. The fourth-order valence-electron chi connectivity index (χ4n) is 1.55. The molecule has 0 unspecified atom stereocenters. The van der Waals surface area contributed by atoms with Crippen LogP contribution in [0.1, 0.15) is 13.8 Å². The largest absolute Gasteiger partial charge is 0.468 e. The second-order valence-corrected chi connectivity index (χ2v) is 7.01. The van der Waals surface area contributed by atoms with Crippen LogP contribution < -0.4 is 0 Å². The van der Waals surface area contributed by atoms with Crippen LogP contribution in [0.3, 0.4) is 0 Å². The Kier molecular flexibility index (Phi) is 5.67. The fourth-order valence-corrected chi connectivity index (χ4v) is 4.14. The van der Waals surface area contributed by atoms with Crippen molar-refractivity contribution in [3.8, 4) is 0 Å². The third-order valence-corrected chi connectivity index (χ3v) is 5.57. The zero-order valence-corrected chi connectivity index (χ0v) is 13.7. The Morgan fingerprint density at radius 2 is 2.05 bits per heavy atom. The van der Waals surface area contributed by atoms with Crippen LogP contribution in [0, 0.1) is 5.82 Å². The number of ether oxygens (including phenoxy) is 1. The minimum atomic E-state index is -3.93. The maximum absolute atomic E-state index is 13.0. The van der Waals surface area contributed by atoms with E-state index in [-0.39, 0.29) is 9.37 Å². The summed E-state index contributed by atoms with van der Waals surface area (Å²) in [5.74, 6) is -1.22. The fraction of sp³-hybridized carbons (Fsp3) is 0.417. The SMILES string of the molecule is COC(=O)CN(C(C)C)S(=O)(=O)c1ccc(F)cc1Br. The van der Waals surface area contributed by atoms with Gasteiger partial charge in [-0.1, -0.05) is 0 Å². The van der Waals surface area contributed by atoms with Gasteiger partial charge in [-0.2, -0.15) is 4.31 Å². The van der Waals surface area contributed by atoms with Crippen molar-refractivity contribution in [1.29, 1.82) is 0 Å². The third kappa shape index (κ3) is 3.77. The Morgan fingerprint density at radius 3 is 2.50 bits per heavy atom. The van der Waals surface area contributed by atoms with Gasteiger partial charge in [-0.25, -0.2) is 12.8 Å². The van der Waals surface area contributed by atoms with E-state index < -0.39 is 34.4 Å². The average Bonchev–Trinajstić information content (AvgIpc) is 2.34. The zero-order chi connectivity index (χ0) is 15.5. The molecule has 8 heteroatoms. The van der Waals surface area contributed by atoms with Crippen LogP contribution in [-0.4, -0.2) is 38.4 Å². The first kappa shape index (κ1) is 17.1. The molecule has 0 aliphatic heterocycles. The van der Waals surface area contributed by atoms with Crippen LogP contribution in [0.25, 0.3) is 0 Å². The molecule has 1 aromatic carbocycles. The van der Waals surface area contributed by atoms with Crippen LogP contribution in [0.4, 0.5) is 4.39 Å². The predicted octanol–water partition coefficient (Wildman–Crippen LogP) is 2.16. The highest BCUT2D eigenvalue weighted by atomic mass is 79.9. The number of sulfonamides is 1. The van der Waals surface area contributed by atoms with Gasteiger partial charge in [0.2, 0.25) is 10.0 Å². The molecule has 1 rings (SSSR count). The van der Waals surface area contributed by atoms with Crippen molar-refractivity contribution in [2.45, 2.75) is 24.8 Å². The number of methoxy groups -OCH3 is 1. The smallest absolute Gasteiger partial charge is 0.321 e. The van der Waals surface area contributed by atoms with Crippen molar-refractivity contribution in [3.05, 3.63) is 28.5 Å². The first-order chi connectivity index (χ1) is 9.20. The summed E-state index contributed by atoms with van der Waals surface area (Å²) in [7, 11) is -2.75. The molecule has 0 fully saturated rings. The van der Waals surface area contributed by atoms with Crippen molar-refractivity contribution < 1.29 is 22.3 Å². The quantitative estimate of drug-likeness (QED) is 0.748. The van der Waals surface area contributed by atoms with Gasteiger partial charge < -0.3 is 4.74 Å². The highest BCUT2D eigenvalue weighted by molar-refractivity contribution is 9.10. The van der Waals surface area contributed by atoms with Gasteiger partial charge in [-0.3, -0.25) is 4.79 Å². The number of esters is 1. The summed E-state index contributed by atoms with van der Waals surface area (Å²) < 4.78 is 43.7. The number of hydrogen-bond acceptors (Lipinski definition) is 4. The van der Waals surface area contributed by atoms with Crippen LogP contribution in [0.5, 0.6) is 0 Å². The minimum Gasteiger partial charge on any atom is -0.468 e. The van der Waals surface area contributed by atoms with Crippen molar-refractivity contribution in [3.63, 3.8) is 0 Å². The normalized spacial score (nSPS) is 11.9. The lowest BCUT2D eigenvalue weighted by molar-refractivity contribution is -0.141. The Bertz CT molecular complexity index is 603. The molecule has 0 aliphatic rings. The van der Waals surface area contributed by atoms with E-state index in [2.05, 4.69) is 20.7 Å². The number of carbonyl (C=O) groups is 1. The summed E-state index contributed by atoms with van der Waals surface area (Å²) in [5, 5.41) is 0. The molecule has 0 aliphatic carbocycles. The van der Waals surface area contributed by atoms with E-state index in [0.717, 1.165) is 22.5 Å². The Balaban J connectivity index is 3.26. The zero-order valence-electron chi connectivity index (χ0n) is 11.3. The van der Waals surface area contributed by atoms with E-state index in [9.17, 15) is 17.6 Å². The first-order valence-electron chi connectivity index (χ1n) is 5.74. The van der Waals surface area contributed by atoms with E-state index in [1.807, 2.05) is 0 Å². The highest BCUT2D eigenvalue weighted by Gasteiger charge is 2.31. The van der Waals surface area contributed by atoms with Crippen LogP contribution in [0.2, 0.25) is 0 Å². The topological polar surface area (TPSA) is 63.7 Å². The van der Waals surface area contributed by atoms with Gasteiger partial charge in [0.05, 0.1) is 12.0 Å². The molecule has 0 heterocycles. The van der Waals surface area contributed by atoms with Gasteiger partial charge in [-0.05, 0) is 48.0 Å². The van der Waals surface area contributed by atoms with Gasteiger partial charge in [0.1, 0.15) is 12.4 Å². The number of carbonyl (C=O) groups excluding carboxylic acids is 1. The molecule has 1 aromatic rings. The number of benzene rings is 1. The second-order valence-electron chi connectivity index (χ2n) is 4.29. The van der Waals surface area contributed by atoms with Crippen molar-refractivity contribution in [2.75, 3.05) is 13.7 Å². The third-order valence-electron chi connectivity index (χ3n) is 2.57. The highest BCUT2D eigenvalue weighted by Crippen LogP contribution is 2.26. The predicted molar refractivity (Wildman–Crippen MR) is 75.1 cm³/mol. The molecule has 0 spiro atoms. The molecule has 0 aromatic heterocycles. The summed E-state index contributed by atoms with van der Waals surface area (Å²) in [4.78, 5) is 11.2. The van der Waals surface area contributed by atoms with E-state index in [0.29, 0.717) is 0 Å². The Labute approximate surface area is 125 Å². The van der Waals surface area contributed by atoms with E-state index >= 15 is 0 Å². The van der Waals surface area contributed by atoms with Crippen molar-refractivity contribution in [2.24, 2.45) is 0 Å². The molecular weight excluding hydrogens is 353 g/mol. The Morgan fingerprint density at radius 1 is 1.45 bits per heavy atom. The summed E-state index contributed by atoms with van der Waals surface area (Å²) in [5.41, 5.74) is 0. The number of rotatable bonds is 5. The van der Waals surface area contributed by atoms with Crippen molar-refractivity contribution in [1.82, 2.24) is 4.31 Å². The van der Waals surface area contributed by atoms with Crippen LogP contribution in [0.15, 0.2) is 27.6 Å². The molecule has 20 heavy (non-hydrogen) atoms. The monoisotopic (exact) mass is 367 g/mol. The molecule has 0 atom stereocenters. The average molecular weight is 368 g/mol. The lowest BCUT2D eigenvalue weighted by atomic mass is 10.3. The van der Waals surface area contributed by atoms with Crippen molar-refractivity contribution >= 4 is 31.9 Å². The van der Waals surface area contributed by atoms with Gasteiger partial charge in [0.15, 0.2) is 0 Å². The lowest BCUT2D eigenvalue weighted by Gasteiger charge is -2.25. The molecule has 0 radical (unpaired) electrons. The van der Waals surface area contributed by atoms with Crippen LogP contribution in [-0.2, 0) is 19.6 Å². The molecular formula is C12H15BrFNO4S. The number of halogens is 2. The molecule has 5 nitrogen and oxygen atoms in total. The summed E-state index contributed by atoms with van der Waals surface area (Å²) in [6.45, 7) is 2.87. The summed E-state index contributed by atoms with van der Waals surface area (Å²) >= 11 is 3.02. The van der Waals surface area contributed by atoms with Gasteiger partial charge >= 0.3 is 5.97 Å². The molecule has 0 N–H and O–H groups in total. The molecule has 0 amide bonds. The number of hydrogen-bond donors (Lipinski definition) is 0. The van der Waals surface area contributed by atoms with E-state index in [1.54, 1.807) is 13.8 Å². The van der Waals surface area contributed by atoms with Gasteiger partial charge in [0, 0.05) is 10.5 Å². The van der Waals surface area contributed by atoms with E-state index in [1.165, 1.54) is 7.11 Å². The van der Waals surface area contributed by atoms with Gasteiger partial charge in [-0.15, -0.1) is 0 Å². The van der Waals surface area contributed by atoms with Gasteiger partial charge in [0.25, 0.3) is 0 Å². The number of nitrogens with zero attached hydrogens (tertiary/aromatic N) is 1. The summed E-state index contributed by atoms with van der Waals surface area (Å²) in [6.07, 6.45) is 0. The van der Waals surface area contributed by atoms with Crippen LogP contribution >= 0.6 is 15.9 Å². The maximum Gasteiger partial charge on any atom is 0.321 e. The standard InChI is InChI=1S/C12H15BrFNO4S/c1-8(2)15(7-12(16)19-3)20(17,18)11-5-4-9(14)6-10(11)13/h4-6,8H,7H2,1-3H3.